The van der Waals surface area contributed by atoms with E-state index < -0.39 is 6.04 Å². The van der Waals surface area contributed by atoms with Crippen molar-refractivity contribution in [2.75, 3.05) is 7.11 Å². The van der Waals surface area contributed by atoms with Crippen molar-refractivity contribution >= 4 is 11.9 Å². The van der Waals surface area contributed by atoms with Crippen molar-refractivity contribution in [1.82, 2.24) is 5.32 Å². The zero-order chi connectivity index (χ0) is 18.5. The van der Waals surface area contributed by atoms with Gasteiger partial charge in [-0.3, -0.25) is 9.59 Å². The van der Waals surface area contributed by atoms with Gasteiger partial charge in [0.05, 0.1) is 19.6 Å². The third kappa shape index (κ3) is 4.13. The largest absolute Gasteiger partial charge is 0.469 e. The minimum Gasteiger partial charge on any atom is -0.469 e. The molecule has 0 heterocycles. The molecule has 1 atom stereocenters. The summed E-state index contributed by atoms with van der Waals surface area (Å²) in [5.74, 6) is -0.467. The minimum atomic E-state index is -0.408. The van der Waals surface area contributed by atoms with E-state index in [9.17, 15) is 9.59 Å². The molecule has 136 valence electrons. The Kier molecular flexibility index (Phi) is 5.71. The number of rotatable bonds is 5. The Morgan fingerprint density at radius 2 is 1.88 bits per heavy atom. The van der Waals surface area contributed by atoms with E-state index in [0.717, 1.165) is 41.5 Å². The molecular formula is C22H25NO3. The molecule has 0 spiro atoms. The molecule has 4 heteroatoms. The molecule has 0 bridgehead atoms. The molecule has 3 rings (SSSR count). The fourth-order valence-corrected chi connectivity index (χ4v) is 3.62. The molecule has 0 fully saturated rings. The third-order valence-electron chi connectivity index (χ3n) is 4.99. The smallest absolute Gasteiger partial charge is 0.307 e. The highest BCUT2D eigenvalue weighted by atomic mass is 16.5. The number of hydrogen-bond donors (Lipinski definition) is 1. The number of carbonyl (C=O) groups is 2. The highest BCUT2D eigenvalue weighted by Gasteiger charge is 2.23. The van der Waals surface area contributed by atoms with Gasteiger partial charge in [-0.25, -0.2) is 0 Å². The summed E-state index contributed by atoms with van der Waals surface area (Å²) in [6.07, 6.45) is 4.36. The van der Waals surface area contributed by atoms with Crippen molar-refractivity contribution in [1.29, 1.82) is 0 Å². The van der Waals surface area contributed by atoms with Crippen LogP contribution in [0.15, 0.2) is 42.5 Å². The van der Waals surface area contributed by atoms with Gasteiger partial charge in [-0.1, -0.05) is 42.0 Å². The first-order valence-electron chi connectivity index (χ1n) is 9.13. The first kappa shape index (κ1) is 18.2. The molecule has 1 N–H and O–H groups in total. The normalized spacial score (nSPS) is 14.2. The average Bonchev–Trinajstić information content (AvgIpc) is 2.66. The lowest BCUT2D eigenvalue weighted by Crippen LogP contribution is -2.31. The summed E-state index contributed by atoms with van der Waals surface area (Å²) >= 11 is 0. The quantitative estimate of drug-likeness (QED) is 0.831. The summed E-state index contributed by atoms with van der Waals surface area (Å²) in [7, 11) is 1.37. The molecule has 0 aromatic heterocycles. The average molecular weight is 351 g/mol. The van der Waals surface area contributed by atoms with Gasteiger partial charge in [0.15, 0.2) is 0 Å². The summed E-state index contributed by atoms with van der Waals surface area (Å²) < 4.78 is 4.82. The molecule has 2 aromatic rings. The van der Waals surface area contributed by atoms with Gasteiger partial charge in [0.25, 0.3) is 5.91 Å². The van der Waals surface area contributed by atoms with Crippen molar-refractivity contribution in [2.45, 2.75) is 45.1 Å². The van der Waals surface area contributed by atoms with E-state index >= 15 is 0 Å². The molecule has 1 amide bonds. The maximum absolute atomic E-state index is 13.0. The van der Waals surface area contributed by atoms with Crippen LogP contribution < -0.4 is 5.32 Å². The summed E-state index contributed by atoms with van der Waals surface area (Å²) in [6, 6.07) is 13.4. The number of esters is 1. The van der Waals surface area contributed by atoms with E-state index in [1.165, 1.54) is 19.1 Å². The van der Waals surface area contributed by atoms with Gasteiger partial charge in [-0.2, -0.15) is 0 Å². The van der Waals surface area contributed by atoms with Gasteiger partial charge in [0, 0.05) is 5.56 Å². The van der Waals surface area contributed by atoms with Crippen LogP contribution in [0.3, 0.4) is 0 Å². The molecule has 0 radical (unpaired) electrons. The molecule has 4 nitrogen and oxygen atoms in total. The number of nitrogens with one attached hydrogen (secondary N) is 1. The molecule has 0 saturated heterocycles. The van der Waals surface area contributed by atoms with Crippen LogP contribution in [0.25, 0.3) is 0 Å². The number of methoxy groups -OCH3 is 1. The summed E-state index contributed by atoms with van der Waals surface area (Å²) in [5, 5.41) is 3.05. The Morgan fingerprint density at radius 3 is 2.65 bits per heavy atom. The number of amides is 1. The Morgan fingerprint density at radius 1 is 1.12 bits per heavy atom. The van der Waals surface area contributed by atoms with E-state index in [2.05, 4.69) is 11.4 Å². The molecule has 2 aromatic carbocycles. The van der Waals surface area contributed by atoms with Gasteiger partial charge < -0.3 is 10.1 Å². The van der Waals surface area contributed by atoms with Crippen molar-refractivity contribution in [3.63, 3.8) is 0 Å². The highest BCUT2D eigenvalue weighted by molar-refractivity contribution is 5.96. The maximum Gasteiger partial charge on any atom is 0.307 e. The van der Waals surface area contributed by atoms with Gasteiger partial charge in [0.1, 0.15) is 0 Å². The first-order valence-corrected chi connectivity index (χ1v) is 9.13. The van der Waals surface area contributed by atoms with Gasteiger partial charge in [-0.15, -0.1) is 0 Å². The summed E-state index contributed by atoms with van der Waals surface area (Å²) in [6.45, 7) is 1.99. The third-order valence-corrected chi connectivity index (χ3v) is 4.99. The standard InChI is InChI=1S/C22H25NO3/c1-15-7-5-10-17(13-15)20(14-21(24)26-2)23-22(25)19-12-6-9-16-8-3-4-11-18(16)19/h5-7,9-10,12-13,20H,3-4,8,11,14H2,1-2H3,(H,23,25). The van der Waals surface area contributed by atoms with Crippen molar-refractivity contribution in [3.8, 4) is 0 Å². The van der Waals surface area contributed by atoms with E-state index in [-0.39, 0.29) is 18.3 Å². The van der Waals surface area contributed by atoms with Gasteiger partial charge >= 0.3 is 5.97 Å². The van der Waals surface area contributed by atoms with Crippen LogP contribution in [0.2, 0.25) is 0 Å². The second-order valence-electron chi connectivity index (χ2n) is 6.87. The number of ether oxygens (including phenoxy) is 1. The maximum atomic E-state index is 13.0. The van der Waals surface area contributed by atoms with Crippen LogP contribution >= 0.6 is 0 Å². The van der Waals surface area contributed by atoms with Gasteiger partial charge in [-0.05, 0) is 55.4 Å². The van der Waals surface area contributed by atoms with E-state index in [0.29, 0.717) is 0 Å². The van der Waals surface area contributed by atoms with Crippen LogP contribution in [-0.2, 0) is 22.4 Å². The number of aryl methyl sites for hydroxylation is 2. The molecule has 26 heavy (non-hydrogen) atoms. The molecule has 1 aliphatic rings. The zero-order valence-electron chi connectivity index (χ0n) is 15.4. The Balaban J connectivity index is 1.87. The SMILES string of the molecule is COC(=O)CC(NC(=O)c1cccc2c1CCCC2)c1cccc(C)c1. The molecule has 1 aliphatic carbocycles. The molecule has 1 unspecified atom stereocenters. The van der Waals surface area contributed by atoms with E-state index in [4.69, 9.17) is 4.74 Å². The number of hydrogen-bond acceptors (Lipinski definition) is 3. The molecular weight excluding hydrogens is 326 g/mol. The van der Waals surface area contributed by atoms with Crippen LogP contribution in [0.1, 0.15) is 57.9 Å². The van der Waals surface area contributed by atoms with E-state index in [1.807, 2.05) is 43.3 Å². The lowest BCUT2D eigenvalue weighted by Gasteiger charge is -2.22. The fourth-order valence-electron chi connectivity index (χ4n) is 3.62. The monoisotopic (exact) mass is 351 g/mol. The second kappa shape index (κ2) is 8.17. The highest BCUT2D eigenvalue weighted by Crippen LogP contribution is 2.26. The van der Waals surface area contributed by atoms with Crippen LogP contribution in [-0.4, -0.2) is 19.0 Å². The van der Waals surface area contributed by atoms with Crippen LogP contribution in [0, 0.1) is 6.92 Å². The van der Waals surface area contributed by atoms with E-state index in [1.54, 1.807) is 0 Å². The Bertz CT molecular complexity index is 813. The van der Waals surface area contributed by atoms with Crippen molar-refractivity contribution in [2.24, 2.45) is 0 Å². The first-order chi connectivity index (χ1) is 12.6. The van der Waals surface area contributed by atoms with Crippen molar-refractivity contribution < 1.29 is 14.3 Å². The number of fused-ring (bicyclic) bond motifs is 1. The Hall–Kier alpha value is -2.62. The molecule has 0 aliphatic heterocycles. The van der Waals surface area contributed by atoms with Crippen LogP contribution in [0.4, 0.5) is 0 Å². The zero-order valence-corrected chi connectivity index (χ0v) is 15.4. The predicted molar refractivity (Wildman–Crippen MR) is 101 cm³/mol. The lowest BCUT2D eigenvalue weighted by atomic mass is 9.88. The fraction of sp³-hybridized carbons (Fsp3) is 0.364. The topological polar surface area (TPSA) is 55.4 Å². The molecule has 0 saturated carbocycles. The number of carbonyl (C=O) groups excluding carboxylic acids is 2. The van der Waals surface area contributed by atoms with Gasteiger partial charge in [0.2, 0.25) is 0 Å². The van der Waals surface area contributed by atoms with Crippen LogP contribution in [0.5, 0.6) is 0 Å². The predicted octanol–water partition coefficient (Wildman–Crippen LogP) is 3.91. The number of benzene rings is 2. The summed E-state index contributed by atoms with van der Waals surface area (Å²) in [5.41, 5.74) is 5.14. The second-order valence-corrected chi connectivity index (χ2v) is 6.87. The Labute approximate surface area is 154 Å². The lowest BCUT2D eigenvalue weighted by molar-refractivity contribution is -0.141. The summed E-state index contributed by atoms with van der Waals surface area (Å²) in [4.78, 5) is 24.8. The van der Waals surface area contributed by atoms with Crippen molar-refractivity contribution in [3.05, 3.63) is 70.3 Å². The minimum absolute atomic E-state index is 0.112.